The van der Waals surface area contributed by atoms with Gasteiger partial charge < -0.3 is 9.47 Å². The maximum Gasteiger partial charge on any atom is 0.172 e. The largest absolute Gasteiger partial charge is 0.493 e. The van der Waals surface area contributed by atoms with Crippen LogP contribution in [0.5, 0.6) is 11.5 Å². The summed E-state index contributed by atoms with van der Waals surface area (Å²) in [6, 6.07) is 5.28. The van der Waals surface area contributed by atoms with Crippen molar-refractivity contribution in [2.24, 2.45) is 5.92 Å². The normalized spacial score (nSPS) is 12.3. The molecule has 0 saturated carbocycles. The van der Waals surface area contributed by atoms with Crippen LogP contribution in [0, 0.1) is 5.92 Å². The minimum atomic E-state index is 0.0370. The quantitative estimate of drug-likeness (QED) is 0.718. The molecule has 16 heavy (non-hydrogen) atoms. The van der Waals surface area contributed by atoms with Gasteiger partial charge in [0.1, 0.15) is 0 Å². The highest BCUT2D eigenvalue weighted by Gasteiger charge is 2.15. The van der Waals surface area contributed by atoms with E-state index in [9.17, 15) is 4.79 Å². The van der Waals surface area contributed by atoms with Gasteiger partial charge in [0.2, 0.25) is 0 Å². The SMILES string of the molecule is COc1cccc(C=O)c1OC(C)C(C)C. The lowest BCUT2D eigenvalue weighted by Crippen LogP contribution is -2.19. The van der Waals surface area contributed by atoms with Crippen LogP contribution in [0.4, 0.5) is 0 Å². The first-order valence-corrected chi connectivity index (χ1v) is 5.39. The Balaban J connectivity index is 3.04. The predicted molar refractivity (Wildman–Crippen MR) is 63.3 cm³/mol. The second kappa shape index (κ2) is 5.54. The first-order valence-electron chi connectivity index (χ1n) is 5.39. The molecule has 0 aliphatic heterocycles. The van der Waals surface area contributed by atoms with Gasteiger partial charge >= 0.3 is 0 Å². The van der Waals surface area contributed by atoms with E-state index in [2.05, 4.69) is 13.8 Å². The lowest BCUT2D eigenvalue weighted by molar-refractivity contribution is 0.111. The van der Waals surface area contributed by atoms with Crippen LogP contribution in [0.3, 0.4) is 0 Å². The standard InChI is InChI=1S/C13H18O3/c1-9(2)10(3)16-13-11(8-14)6-5-7-12(13)15-4/h5-10H,1-4H3. The van der Waals surface area contributed by atoms with Gasteiger partial charge in [0.15, 0.2) is 17.8 Å². The first-order chi connectivity index (χ1) is 7.60. The first kappa shape index (κ1) is 12.6. The number of para-hydroxylation sites is 1. The maximum absolute atomic E-state index is 10.9. The van der Waals surface area contributed by atoms with Crippen LogP contribution in [-0.2, 0) is 0 Å². The average Bonchev–Trinajstić information content (AvgIpc) is 2.29. The van der Waals surface area contributed by atoms with E-state index in [1.165, 1.54) is 0 Å². The van der Waals surface area contributed by atoms with E-state index >= 15 is 0 Å². The highest BCUT2D eigenvalue weighted by atomic mass is 16.5. The van der Waals surface area contributed by atoms with E-state index in [4.69, 9.17) is 9.47 Å². The molecule has 0 radical (unpaired) electrons. The third-order valence-electron chi connectivity index (χ3n) is 2.60. The molecule has 0 aromatic heterocycles. The molecule has 0 saturated heterocycles. The Bertz CT molecular complexity index is 358. The summed E-state index contributed by atoms with van der Waals surface area (Å²) in [6.45, 7) is 6.12. The number of aldehydes is 1. The Labute approximate surface area is 96.4 Å². The van der Waals surface area contributed by atoms with Crippen molar-refractivity contribution in [3.05, 3.63) is 23.8 Å². The number of hydrogen-bond donors (Lipinski definition) is 0. The molecule has 0 fully saturated rings. The number of hydrogen-bond acceptors (Lipinski definition) is 3. The topological polar surface area (TPSA) is 35.5 Å². The van der Waals surface area contributed by atoms with Crippen molar-refractivity contribution in [2.45, 2.75) is 26.9 Å². The van der Waals surface area contributed by atoms with Crippen molar-refractivity contribution in [1.82, 2.24) is 0 Å². The molecule has 88 valence electrons. The van der Waals surface area contributed by atoms with Crippen LogP contribution < -0.4 is 9.47 Å². The van der Waals surface area contributed by atoms with Crippen LogP contribution in [-0.4, -0.2) is 19.5 Å². The minimum Gasteiger partial charge on any atom is -0.493 e. The molecular weight excluding hydrogens is 204 g/mol. The van der Waals surface area contributed by atoms with Crippen LogP contribution >= 0.6 is 0 Å². The lowest BCUT2D eigenvalue weighted by Gasteiger charge is -2.20. The molecule has 0 bridgehead atoms. The summed E-state index contributed by atoms with van der Waals surface area (Å²) in [5.74, 6) is 1.50. The zero-order valence-electron chi connectivity index (χ0n) is 10.2. The second-order valence-corrected chi connectivity index (χ2v) is 4.06. The third-order valence-corrected chi connectivity index (χ3v) is 2.60. The fraction of sp³-hybridized carbons (Fsp3) is 0.462. The van der Waals surface area contributed by atoms with E-state index in [1.807, 2.05) is 6.92 Å². The summed E-state index contributed by atoms with van der Waals surface area (Å²) < 4.78 is 10.9. The van der Waals surface area contributed by atoms with Gasteiger partial charge in [0.25, 0.3) is 0 Å². The molecule has 1 atom stereocenters. The molecule has 1 unspecified atom stereocenters. The van der Waals surface area contributed by atoms with Crippen LogP contribution in [0.1, 0.15) is 31.1 Å². The molecule has 3 heteroatoms. The number of rotatable bonds is 5. The summed E-state index contributed by atoms with van der Waals surface area (Å²) >= 11 is 0. The Hall–Kier alpha value is -1.51. The average molecular weight is 222 g/mol. The van der Waals surface area contributed by atoms with Crippen molar-refractivity contribution in [3.8, 4) is 11.5 Å². The van der Waals surface area contributed by atoms with Crippen LogP contribution in [0.25, 0.3) is 0 Å². The van der Waals surface area contributed by atoms with Gasteiger partial charge in [0.05, 0.1) is 18.8 Å². The molecular formula is C13H18O3. The monoisotopic (exact) mass is 222 g/mol. The van der Waals surface area contributed by atoms with Gasteiger partial charge in [-0.1, -0.05) is 19.9 Å². The smallest absolute Gasteiger partial charge is 0.172 e. The minimum absolute atomic E-state index is 0.0370. The fourth-order valence-electron chi connectivity index (χ4n) is 1.23. The summed E-state index contributed by atoms with van der Waals surface area (Å²) in [7, 11) is 1.57. The van der Waals surface area contributed by atoms with E-state index in [0.29, 0.717) is 23.0 Å². The van der Waals surface area contributed by atoms with Crippen LogP contribution in [0.15, 0.2) is 18.2 Å². The molecule has 0 aliphatic rings. The molecule has 0 aliphatic carbocycles. The van der Waals surface area contributed by atoms with Crippen molar-refractivity contribution in [2.75, 3.05) is 7.11 Å². The zero-order valence-corrected chi connectivity index (χ0v) is 10.2. The van der Waals surface area contributed by atoms with E-state index < -0.39 is 0 Å². The van der Waals surface area contributed by atoms with Crippen molar-refractivity contribution in [3.63, 3.8) is 0 Å². The number of ether oxygens (including phenoxy) is 2. The van der Waals surface area contributed by atoms with Crippen molar-refractivity contribution >= 4 is 6.29 Å². The summed E-state index contributed by atoms with van der Waals surface area (Å²) in [6.07, 6.45) is 0.820. The van der Waals surface area contributed by atoms with E-state index in [0.717, 1.165) is 6.29 Å². The Morgan fingerprint density at radius 2 is 1.94 bits per heavy atom. The fourth-order valence-corrected chi connectivity index (χ4v) is 1.23. The van der Waals surface area contributed by atoms with E-state index in [-0.39, 0.29) is 6.10 Å². The van der Waals surface area contributed by atoms with Gasteiger partial charge in [-0.25, -0.2) is 0 Å². The van der Waals surface area contributed by atoms with E-state index in [1.54, 1.807) is 25.3 Å². The molecule has 0 spiro atoms. The molecule has 0 N–H and O–H groups in total. The number of carbonyl (C=O) groups excluding carboxylic acids is 1. The molecule has 1 aromatic rings. The van der Waals surface area contributed by atoms with Crippen molar-refractivity contribution < 1.29 is 14.3 Å². The predicted octanol–water partition coefficient (Wildman–Crippen LogP) is 2.93. The summed E-state index contributed by atoms with van der Waals surface area (Å²) in [5, 5.41) is 0. The van der Waals surface area contributed by atoms with Gasteiger partial charge in [-0.3, -0.25) is 4.79 Å². The van der Waals surface area contributed by atoms with Crippen molar-refractivity contribution in [1.29, 1.82) is 0 Å². The zero-order chi connectivity index (χ0) is 12.1. The molecule has 1 rings (SSSR count). The summed E-state index contributed by atoms with van der Waals surface area (Å²) in [5.41, 5.74) is 0.520. The molecule has 3 nitrogen and oxygen atoms in total. The molecule has 0 amide bonds. The van der Waals surface area contributed by atoms with Gasteiger partial charge in [0, 0.05) is 0 Å². The maximum atomic E-state index is 10.9. The summed E-state index contributed by atoms with van der Waals surface area (Å²) in [4.78, 5) is 10.9. The lowest BCUT2D eigenvalue weighted by atomic mass is 10.1. The third kappa shape index (κ3) is 2.75. The number of methoxy groups -OCH3 is 1. The Kier molecular flexibility index (Phi) is 4.35. The number of carbonyl (C=O) groups is 1. The second-order valence-electron chi connectivity index (χ2n) is 4.06. The Morgan fingerprint density at radius 3 is 2.44 bits per heavy atom. The van der Waals surface area contributed by atoms with Gasteiger partial charge in [-0.2, -0.15) is 0 Å². The number of benzene rings is 1. The van der Waals surface area contributed by atoms with Gasteiger partial charge in [-0.15, -0.1) is 0 Å². The molecule has 0 heterocycles. The highest BCUT2D eigenvalue weighted by Crippen LogP contribution is 2.31. The van der Waals surface area contributed by atoms with Crippen LogP contribution in [0.2, 0.25) is 0 Å². The Morgan fingerprint density at radius 1 is 1.25 bits per heavy atom. The van der Waals surface area contributed by atoms with Gasteiger partial charge in [-0.05, 0) is 25.0 Å². The highest BCUT2D eigenvalue weighted by molar-refractivity contribution is 5.81. The molecule has 1 aromatic carbocycles.